The van der Waals surface area contributed by atoms with Crippen LogP contribution in [-0.4, -0.2) is 31.5 Å². The number of alkyl halides is 1. The molecule has 0 radical (unpaired) electrons. The van der Waals surface area contributed by atoms with Crippen LogP contribution in [0.15, 0.2) is 0 Å². The van der Waals surface area contributed by atoms with Crippen LogP contribution in [0.4, 0.5) is 4.39 Å². The van der Waals surface area contributed by atoms with Crippen molar-refractivity contribution >= 4 is 0 Å². The van der Waals surface area contributed by atoms with E-state index in [1.807, 2.05) is 0 Å². The Bertz CT molecular complexity index is 132. The number of rotatable bonds is 5. The fourth-order valence-corrected chi connectivity index (χ4v) is 2.15. The first-order valence-corrected chi connectivity index (χ1v) is 5.26. The molecule has 3 heteroatoms. The van der Waals surface area contributed by atoms with E-state index in [0.29, 0.717) is 25.0 Å². The summed E-state index contributed by atoms with van der Waals surface area (Å²) in [5.74, 6) is 1.01. The molecule has 2 N–H and O–H groups in total. The molecule has 0 heterocycles. The summed E-state index contributed by atoms with van der Waals surface area (Å²) in [6.45, 7) is 1.32. The first-order chi connectivity index (χ1) is 6.38. The van der Waals surface area contributed by atoms with Crippen LogP contribution in [0.3, 0.4) is 0 Å². The fraction of sp³-hybridized carbons (Fsp3) is 1.00. The molecule has 2 atom stereocenters. The average molecular weight is 189 g/mol. The maximum atomic E-state index is 11.8. The van der Waals surface area contributed by atoms with Crippen molar-refractivity contribution in [1.29, 1.82) is 0 Å². The molecule has 1 rings (SSSR count). The number of halogens is 1. The second-order valence-electron chi connectivity index (χ2n) is 3.88. The molecule has 0 saturated heterocycles. The Hall–Kier alpha value is -0.150. The van der Waals surface area contributed by atoms with Crippen LogP contribution in [-0.2, 0) is 0 Å². The molecule has 0 aromatic heterocycles. The van der Waals surface area contributed by atoms with E-state index in [-0.39, 0.29) is 6.67 Å². The van der Waals surface area contributed by atoms with Gasteiger partial charge in [0.2, 0.25) is 0 Å². The molecule has 0 spiro atoms. The molecule has 13 heavy (non-hydrogen) atoms. The highest BCUT2D eigenvalue weighted by Gasteiger charge is 2.23. The van der Waals surface area contributed by atoms with Gasteiger partial charge in [0.25, 0.3) is 0 Å². The van der Waals surface area contributed by atoms with Crippen molar-refractivity contribution in [2.75, 3.05) is 26.4 Å². The number of nitrogens with one attached hydrogen (secondary N) is 1. The topological polar surface area (TPSA) is 32.3 Å². The van der Waals surface area contributed by atoms with Crippen molar-refractivity contribution in [3.8, 4) is 0 Å². The van der Waals surface area contributed by atoms with Gasteiger partial charge in [-0.1, -0.05) is 12.8 Å². The highest BCUT2D eigenvalue weighted by Crippen LogP contribution is 2.28. The smallest absolute Gasteiger partial charge is 0.102 e. The van der Waals surface area contributed by atoms with E-state index in [2.05, 4.69) is 5.32 Å². The predicted octanol–water partition coefficient (Wildman–Crippen LogP) is 1.34. The van der Waals surface area contributed by atoms with Gasteiger partial charge in [0, 0.05) is 13.2 Å². The van der Waals surface area contributed by atoms with Crippen LogP contribution < -0.4 is 5.32 Å². The Morgan fingerprint density at radius 2 is 1.92 bits per heavy atom. The molecule has 1 aliphatic carbocycles. The summed E-state index contributed by atoms with van der Waals surface area (Å²) in [7, 11) is 0. The zero-order chi connectivity index (χ0) is 9.52. The molecule has 0 amide bonds. The zero-order valence-corrected chi connectivity index (χ0v) is 8.14. The quantitative estimate of drug-likeness (QED) is 0.640. The fourth-order valence-electron chi connectivity index (χ4n) is 2.15. The lowest BCUT2D eigenvalue weighted by Crippen LogP contribution is -2.33. The minimum atomic E-state index is -0.295. The Morgan fingerprint density at radius 3 is 2.54 bits per heavy atom. The number of hydrogen-bond acceptors (Lipinski definition) is 2. The number of aliphatic hydroxyl groups excluding tert-OH is 1. The molecule has 0 aromatic rings. The lowest BCUT2D eigenvalue weighted by Gasteiger charge is -2.30. The summed E-state index contributed by atoms with van der Waals surface area (Å²) in [5, 5.41) is 12.2. The van der Waals surface area contributed by atoms with E-state index in [0.717, 1.165) is 13.0 Å². The van der Waals surface area contributed by atoms with Crippen LogP contribution in [0.5, 0.6) is 0 Å². The minimum absolute atomic E-state index is 0.294. The molecule has 1 fully saturated rings. The molecular weight excluding hydrogens is 169 g/mol. The molecule has 1 saturated carbocycles. The first kappa shape index (κ1) is 10.9. The zero-order valence-electron chi connectivity index (χ0n) is 8.14. The van der Waals surface area contributed by atoms with Crippen molar-refractivity contribution in [1.82, 2.24) is 5.32 Å². The van der Waals surface area contributed by atoms with Gasteiger partial charge in [-0.15, -0.1) is 0 Å². The first-order valence-electron chi connectivity index (χ1n) is 5.26. The van der Waals surface area contributed by atoms with Crippen molar-refractivity contribution < 1.29 is 9.50 Å². The minimum Gasteiger partial charge on any atom is -0.396 e. The van der Waals surface area contributed by atoms with Crippen molar-refractivity contribution in [3.63, 3.8) is 0 Å². The van der Waals surface area contributed by atoms with Crippen LogP contribution >= 0.6 is 0 Å². The van der Waals surface area contributed by atoms with Crippen LogP contribution in [0.25, 0.3) is 0 Å². The summed E-state index contributed by atoms with van der Waals surface area (Å²) in [5.41, 5.74) is 0. The van der Waals surface area contributed by atoms with Gasteiger partial charge in [-0.2, -0.15) is 0 Å². The lowest BCUT2D eigenvalue weighted by atomic mass is 9.80. The van der Waals surface area contributed by atoms with Crippen molar-refractivity contribution in [2.45, 2.75) is 25.7 Å². The predicted molar refractivity (Wildman–Crippen MR) is 51.4 cm³/mol. The van der Waals surface area contributed by atoms with Gasteiger partial charge in [-0.3, -0.25) is 0 Å². The summed E-state index contributed by atoms with van der Waals surface area (Å²) < 4.78 is 11.8. The summed E-state index contributed by atoms with van der Waals surface area (Å²) in [6, 6.07) is 0. The van der Waals surface area contributed by atoms with Crippen LogP contribution in [0.2, 0.25) is 0 Å². The SMILES string of the molecule is OCC1CCCCC1CNCCF. The molecule has 0 bridgehead atoms. The van der Waals surface area contributed by atoms with E-state index in [4.69, 9.17) is 5.11 Å². The third-order valence-corrected chi connectivity index (χ3v) is 2.98. The number of aliphatic hydroxyl groups is 1. The second-order valence-corrected chi connectivity index (χ2v) is 3.88. The Morgan fingerprint density at radius 1 is 1.23 bits per heavy atom. The lowest BCUT2D eigenvalue weighted by molar-refractivity contribution is 0.133. The van der Waals surface area contributed by atoms with E-state index in [1.54, 1.807) is 0 Å². The van der Waals surface area contributed by atoms with Gasteiger partial charge >= 0.3 is 0 Å². The van der Waals surface area contributed by atoms with Crippen molar-refractivity contribution in [3.05, 3.63) is 0 Å². The van der Waals surface area contributed by atoms with Gasteiger partial charge in [0.05, 0.1) is 0 Å². The van der Waals surface area contributed by atoms with Crippen LogP contribution in [0, 0.1) is 11.8 Å². The Kier molecular flexibility index (Phi) is 5.32. The molecule has 2 nitrogen and oxygen atoms in total. The normalized spacial score (nSPS) is 29.1. The average Bonchev–Trinajstić information content (AvgIpc) is 2.19. The van der Waals surface area contributed by atoms with Crippen LogP contribution in [0.1, 0.15) is 25.7 Å². The number of hydrogen-bond donors (Lipinski definition) is 2. The highest BCUT2D eigenvalue weighted by molar-refractivity contribution is 4.76. The van der Waals surface area contributed by atoms with Gasteiger partial charge in [-0.25, -0.2) is 4.39 Å². The Labute approximate surface area is 79.5 Å². The monoisotopic (exact) mass is 189 g/mol. The van der Waals surface area contributed by atoms with E-state index >= 15 is 0 Å². The molecule has 1 aliphatic rings. The second kappa shape index (κ2) is 6.33. The largest absolute Gasteiger partial charge is 0.396 e. The molecule has 0 aromatic carbocycles. The molecular formula is C10H20FNO. The van der Waals surface area contributed by atoms with E-state index in [1.165, 1.54) is 19.3 Å². The molecule has 2 unspecified atom stereocenters. The van der Waals surface area contributed by atoms with Gasteiger partial charge in [0.1, 0.15) is 6.67 Å². The third-order valence-electron chi connectivity index (χ3n) is 2.98. The maximum absolute atomic E-state index is 11.8. The Balaban J connectivity index is 2.19. The summed E-state index contributed by atoms with van der Waals surface area (Å²) >= 11 is 0. The maximum Gasteiger partial charge on any atom is 0.102 e. The van der Waals surface area contributed by atoms with E-state index in [9.17, 15) is 4.39 Å². The standard InChI is InChI=1S/C10H20FNO/c11-5-6-12-7-9-3-1-2-4-10(9)8-13/h9-10,12-13H,1-8H2. The third kappa shape index (κ3) is 3.61. The van der Waals surface area contributed by atoms with Crippen molar-refractivity contribution in [2.24, 2.45) is 11.8 Å². The molecule has 78 valence electrons. The van der Waals surface area contributed by atoms with E-state index < -0.39 is 0 Å². The van der Waals surface area contributed by atoms with Gasteiger partial charge in [-0.05, 0) is 31.2 Å². The highest BCUT2D eigenvalue weighted by atomic mass is 19.1. The summed E-state index contributed by atoms with van der Waals surface area (Å²) in [6.07, 6.45) is 4.83. The van der Waals surface area contributed by atoms with Gasteiger partial charge in [0.15, 0.2) is 0 Å². The summed E-state index contributed by atoms with van der Waals surface area (Å²) in [4.78, 5) is 0. The van der Waals surface area contributed by atoms with Gasteiger partial charge < -0.3 is 10.4 Å². The molecule has 0 aliphatic heterocycles.